The van der Waals surface area contributed by atoms with Gasteiger partial charge >= 0.3 is 0 Å². The van der Waals surface area contributed by atoms with Gasteiger partial charge in [-0.3, -0.25) is 9.59 Å². The number of carbonyl (C=O) groups is 2. The molecule has 2 aliphatic rings. The van der Waals surface area contributed by atoms with E-state index in [1.807, 2.05) is 42.5 Å². The minimum absolute atomic E-state index is 0.0422. The van der Waals surface area contributed by atoms with Crippen molar-refractivity contribution in [2.45, 2.75) is 31.0 Å². The molecule has 10 nitrogen and oxygen atoms in total. The van der Waals surface area contributed by atoms with Gasteiger partial charge in [-0.15, -0.1) is 0 Å². The van der Waals surface area contributed by atoms with Crippen molar-refractivity contribution >= 4 is 18.0 Å². The predicted molar refractivity (Wildman–Crippen MR) is 143 cm³/mol. The van der Waals surface area contributed by atoms with Gasteiger partial charge in [0.2, 0.25) is 6.41 Å². The third kappa shape index (κ3) is 7.30. The van der Waals surface area contributed by atoms with Crippen LogP contribution in [0.5, 0.6) is 5.75 Å². The van der Waals surface area contributed by atoms with Crippen LogP contribution in [0.4, 0.5) is 5.69 Å². The molecule has 2 aromatic carbocycles. The molecule has 2 fully saturated rings. The maximum Gasteiger partial charge on any atom is 0.251 e. The van der Waals surface area contributed by atoms with Crippen LogP contribution in [0.15, 0.2) is 42.5 Å². The number of rotatable bonds is 10. The SMILES string of the molecule is COc1ccc(-c2ccc(CC(C#N)NC(=O)C3CNCCCO3)cc2)cc1N(C=O)CC1COCCN1. The number of nitrogens with zero attached hydrogens (tertiary/aromatic N) is 2. The Kier molecular flexibility index (Phi) is 10.1. The molecule has 0 aliphatic carbocycles. The summed E-state index contributed by atoms with van der Waals surface area (Å²) >= 11 is 0. The molecule has 0 spiro atoms. The zero-order chi connectivity index (χ0) is 26.7. The highest BCUT2D eigenvalue weighted by atomic mass is 16.5. The summed E-state index contributed by atoms with van der Waals surface area (Å²) in [7, 11) is 1.58. The van der Waals surface area contributed by atoms with Crippen molar-refractivity contribution in [3.8, 4) is 22.9 Å². The normalized spacial score (nSPS) is 20.4. The average molecular weight is 522 g/mol. The van der Waals surface area contributed by atoms with Gasteiger partial charge in [0.05, 0.1) is 32.1 Å². The van der Waals surface area contributed by atoms with Gasteiger partial charge in [-0.05, 0) is 41.8 Å². The van der Waals surface area contributed by atoms with Crippen LogP contribution in [-0.2, 0) is 25.5 Å². The number of nitriles is 1. The third-order valence-electron chi connectivity index (χ3n) is 6.67. The summed E-state index contributed by atoms with van der Waals surface area (Å²) < 4.78 is 16.7. The Morgan fingerprint density at radius 1 is 1.24 bits per heavy atom. The zero-order valence-corrected chi connectivity index (χ0v) is 21.7. The van der Waals surface area contributed by atoms with Crippen LogP contribution in [-0.4, -0.2) is 83.6 Å². The second-order valence-corrected chi connectivity index (χ2v) is 9.38. The van der Waals surface area contributed by atoms with E-state index in [9.17, 15) is 14.9 Å². The lowest BCUT2D eigenvalue weighted by atomic mass is 10.00. The fourth-order valence-corrected chi connectivity index (χ4v) is 4.61. The molecule has 0 aromatic heterocycles. The van der Waals surface area contributed by atoms with Crippen molar-refractivity contribution in [3.05, 3.63) is 48.0 Å². The average Bonchev–Trinajstić information content (AvgIpc) is 3.26. The van der Waals surface area contributed by atoms with Gasteiger partial charge in [-0.2, -0.15) is 5.26 Å². The molecule has 202 valence electrons. The fourth-order valence-electron chi connectivity index (χ4n) is 4.61. The van der Waals surface area contributed by atoms with E-state index >= 15 is 0 Å². The summed E-state index contributed by atoms with van der Waals surface area (Å²) in [5.41, 5.74) is 3.49. The van der Waals surface area contributed by atoms with Crippen LogP contribution < -0.4 is 25.6 Å². The van der Waals surface area contributed by atoms with Crippen LogP contribution in [0.3, 0.4) is 0 Å². The largest absolute Gasteiger partial charge is 0.495 e. The summed E-state index contributed by atoms with van der Waals surface area (Å²) in [6.07, 6.45) is 1.46. The topological polar surface area (TPSA) is 125 Å². The molecule has 3 N–H and O–H groups in total. The number of morpholine rings is 1. The molecule has 0 bridgehead atoms. The smallest absolute Gasteiger partial charge is 0.251 e. The second kappa shape index (κ2) is 13.9. The lowest BCUT2D eigenvalue weighted by Crippen LogP contribution is -2.48. The van der Waals surface area contributed by atoms with E-state index in [-0.39, 0.29) is 11.9 Å². The van der Waals surface area contributed by atoms with Crippen molar-refractivity contribution in [2.24, 2.45) is 0 Å². The summed E-state index contributed by atoms with van der Waals surface area (Å²) in [6, 6.07) is 15.1. The van der Waals surface area contributed by atoms with Crippen LogP contribution in [0.1, 0.15) is 12.0 Å². The second-order valence-electron chi connectivity index (χ2n) is 9.38. The van der Waals surface area contributed by atoms with Crippen molar-refractivity contribution in [3.63, 3.8) is 0 Å². The molecule has 2 amide bonds. The van der Waals surface area contributed by atoms with Crippen molar-refractivity contribution in [2.75, 3.05) is 58.0 Å². The minimum atomic E-state index is -0.661. The van der Waals surface area contributed by atoms with Gasteiger partial charge in [0, 0.05) is 38.7 Å². The van der Waals surface area contributed by atoms with E-state index in [0.717, 1.165) is 42.6 Å². The molecular weight excluding hydrogens is 486 g/mol. The third-order valence-corrected chi connectivity index (χ3v) is 6.67. The van der Waals surface area contributed by atoms with Gasteiger partial charge in [0.1, 0.15) is 17.9 Å². The highest BCUT2D eigenvalue weighted by molar-refractivity contribution is 5.83. The number of benzene rings is 2. The highest BCUT2D eigenvalue weighted by Crippen LogP contribution is 2.33. The first-order valence-electron chi connectivity index (χ1n) is 12.9. The standard InChI is InChI=1S/C28H35N5O5/c1-36-26-8-7-22(14-25(26)33(19-34)17-24-18-37-12-10-31-24)21-5-3-20(4-6-21)13-23(15-29)32-28(35)27-16-30-9-2-11-38-27/h3-8,14,19,23-24,27,30-31H,2,9-13,16-18H2,1H3,(H,32,35). The molecular formula is C28H35N5O5. The zero-order valence-electron chi connectivity index (χ0n) is 21.7. The van der Waals surface area contributed by atoms with Crippen molar-refractivity contribution in [1.29, 1.82) is 5.26 Å². The predicted octanol–water partition coefficient (Wildman–Crippen LogP) is 1.24. The Balaban J connectivity index is 1.43. The molecule has 0 radical (unpaired) electrons. The number of hydrogen-bond acceptors (Lipinski definition) is 8. The number of carbonyl (C=O) groups excluding carboxylic acids is 2. The number of ether oxygens (including phenoxy) is 3. The molecule has 2 heterocycles. The van der Waals surface area contributed by atoms with Crippen molar-refractivity contribution in [1.82, 2.24) is 16.0 Å². The number of amides is 2. The van der Waals surface area contributed by atoms with E-state index in [2.05, 4.69) is 22.0 Å². The summed E-state index contributed by atoms with van der Waals surface area (Å²) in [6.45, 7) is 4.20. The van der Waals surface area contributed by atoms with Gasteiger partial charge in [0.15, 0.2) is 0 Å². The maximum atomic E-state index is 12.6. The Morgan fingerprint density at radius 3 is 2.76 bits per heavy atom. The van der Waals surface area contributed by atoms with Crippen LogP contribution >= 0.6 is 0 Å². The van der Waals surface area contributed by atoms with Crippen molar-refractivity contribution < 1.29 is 23.8 Å². The minimum Gasteiger partial charge on any atom is -0.495 e. The molecule has 2 saturated heterocycles. The first-order valence-corrected chi connectivity index (χ1v) is 12.9. The lowest BCUT2D eigenvalue weighted by Gasteiger charge is -2.29. The number of anilines is 1. The first kappa shape index (κ1) is 27.5. The number of nitrogens with one attached hydrogen (secondary N) is 3. The Morgan fingerprint density at radius 2 is 2.05 bits per heavy atom. The quantitative estimate of drug-likeness (QED) is 0.399. The van der Waals surface area contributed by atoms with Gasteiger partial charge < -0.3 is 35.1 Å². The van der Waals surface area contributed by atoms with E-state index in [0.29, 0.717) is 50.8 Å². The summed E-state index contributed by atoms with van der Waals surface area (Å²) in [5, 5.41) is 19.0. The number of hydrogen-bond donors (Lipinski definition) is 3. The molecule has 3 unspecified atom stereocenters. The monoisotopic (exact) mass is 521 g/mol. The molecule has 2 aromatic rings. The number of methoxy groups -OCH3 is 1. The lowest BCUT2D eigenvalue weighted by molar-refractivity contribution is -0.132. The molecule has 3 atom stereocenters. The summed E-state index contributed by atoms with van der Waals surface area (Å²) in [4.78, 5) is 26.2. The first-order chi connectivity index (χ1) is 18.6. The van der Waals surface area contributed by atoms with E-state index < -0.39 is 12.1 Å². The molecule has 0 saturated carbocycles. The summed E-state index contributed by atoms with van der Waals surface area (Å²) in [5.74, 6) is 0.331. The van der Waals surface area contributed by atoms with E-state index in [1.165, 1.54) is 0 Å². The van der Waals surface area contributed by atoms with E-state index in [1.54, 1.807) is 12.0 Å². The maximum absolute atomic E-state index is 12.6. The van der Waals surface area contributed by atoms with Gasteiger partial charge in [-0.25, -0.2) is 0 Å². The van der Waals surface area contributed by atoms with Gasteiger partial charge in [0.25, 0.3) is 5.91 Å². The van der Waals surface area contributed by atoms with Crippen LogP contribution in [0.2, 0.25) is 0 Å². The van der Waals surface area contributed by atoms with E-state index in [4.69, 9.17) is 14.2 Å². The Labute approximate surface area is 223 Å². The molecule has 10 heteroatoms. The van der Waals surface area contributed by atoms with Gasteiger partial charge in [-0.1, -0.05) is 30.3 Å². The molecule has 2 aliphatic heterocycles. The molecule has 4 rings (SSSR count). The van der Waals surface area contributed by atoms with Crippen LogP contribution in [0, 0.1) is 11.3 Å². The Hall–Kier alpha value is -3.49. The molecule has 38 heavy (non-hydrogen) atoms. The highest BCUT2D eigenvalue weighted by Gasteiger charge is 2.24. The Bertz CT molecular complexity index is 1110. The fraction of sp³-hybridized carbons (Fsp3) is 0.464. The van der Waals surface area contributed by atoms with Crippen LogP contribution in [0.25, 0.3) is 11.1 Å².